The third kappa shape index (κ3) is 6.19. The fraction of sp³-hybridized carbons (Fsp3) is 0.407. The van der Waals surface area contributed by atoms with Gasteiger partial charge in [-0.15, -0.1) is 0 Å². The Morgan fingerprint density at radius 1 is 1.32 bits per heavy atom. The Morgan fingerprint density at radius 3 is 2.76 bits per heavy atom. The molecule has 2 heterocycles. The maximum atomic E-state index is 13.4. The van der Waals surface area contributed by atoms with Crippen LogP contribution in [0.25, 0.3) is 0 Å². The summed E-state index contributed by atoms with van der Waals surface area (Å²) in [6, 6.07) is 7.38. The highest BCUT2D eigenvalue weighted by molar-refractivity contribution is 6.31. The summed E-state index contributed by atoms with van der Waals surface area (Å²) in [5.41, 5.74) is 2.38. The number of methoxy groups -OCH3 is 1. The van der Waals surface area contributed by atoms with Crippen molar-refractivity contribution >= 4 is 23.5 Å². The SMILES string of the molecule is C=C(/C=C\C(Cl)=C/C)[C@@H]1CC(=O)N(C[C@H]2CCCO2)C(C)=C1C(=O)OCc1ccccc1OC. The standard InChI is InChI=1S/C27H32ClNO5/c1-5-21(28)13-12-18(2)23-15-25(30)29(16-22-10-8-14-33-22)19(3)26(23)27(31)34-17-20-9-6-7-11-24(20)32-4/h5-7,9,11-13,22-23H,2,8,10,14-17H2,1,3-4H3/b13-12-,21-5+/t22-,23+/m1/s1. The van der Waals surface area contributed by atoms with E-state index < -0.39 is 11.9 Å². The van der Waals surface area contributed by atoms with Crippen molar-refractivity contribution in [1.29, 1.82) is 0 Å². The lowest BCUT2D eigenvalue weighted by Crippen LogP contribution is -2.43. The van der Waals surface area contributed by atoms with E-state index in [4.69, 9.17) is 25.8 Å². The molecule has 182 valence electrons. The molecule has 0 aliphatic carbocycles. The summed E-state index contributed by atoms with van der Waals surface area (Å²) in [6.45, 7) is 8.92. The average Bonchev–Trinajstić information content (AvgIpc) is 3.36. The first-order chi connectivity index (χ1) is 16.3. The molecule has 1 aromatic rings. The van der Waals surface area contributed by atoms with Crippen LogP contribution in [0.15, 0.2) is 70.9 Å². The Morgan fingerprint density at radius 2 is 2.09 bits per heavy atom. The van der Waals surface area contributed by atoms with E-state index in [9.17, 15) is 9.59 Å². The molecule has 2 aliphatic rings. The molecule has 34 heavy (non-hydrogen) atoms. The molecule has 0 saturated carbocycles. The summed E-state index contributed by atoms with van der Waals surface area (Å²) < 4.78 is 16.8. The molecule has 1 amide bonds. The number of benzene rings is 1. The van der Waals surface area contributed by atoms with Crippen LogP contribution in [0.5, 0.6) is 5.75 Å². The summed E-state index contributed by atoms with van der Waals surface area (Å²) in [6.07, 6.45) is 7.17. The number of carbonyl (C=O) groups is 2. The van der Waals surface area contributed by atoms with E-state index in [1.165, 1.54) is 0 Å². The zero-order valence-electron chi connectivity index (χ0n) is 20.0. The highest BCUT2D eigenvalue weighted by atomic mass is 35.5. The third-order valence-corrected chi connectivity index (χ3v) is 6.53. The first kappa shape index (κ1) is 25.8. The fourth-order valence-corrected chi connectivity index (χ4v) is 4.31. The molecule has 6 nitrogen and oxygen atoms in total. The van der Waals surface area contributed by atoms with Gasteiger partial charge in [0.2, 0.25) is 5.91 Å². The van der Waals surface area contributed by atoms with E-state index in [1.807, 2.05) is 31.2 Å². The van der Waals surface area contributed by atoms with Crippen LogP contribution >= 0.6 is 11.6 Å². The Hall–Kier alpha value is -2.83. The van der Waals surface area contributed by atoms with E-state index in [-0.39, 0.29) is 25.0 Å². The Labute approximate surface area is 206 Å². The van der Waals surface area contributed by atoms with Crippen molar-refractivity contribution in [3.05, 3.63) is 76.5 Å². The summed E-state index contributed by atoms with van der Waals surface area (Å²) in [5, 5.41) is 0.546. The lowest BCUT2D eigenvalue weighted by Gasteiger charge is -2.35. The van der Waals surface area contributed by atoms with Crippen LogP contribution in [0, 0.1) is 5.92 Å². The van der Waals surface area contributed by atoms with Crippen molar-refractivity contribution in [2.24, 2.45) is 5.92 Å². The van der Waals surface area contributed by atoms with Gasteiger partial charge < -0.3 is 19.1 Å². The van der Waals surface area contributed by atoms with Gasteiger partial charge in [-0.25, -0.2) is 4.79 Å². The van der Waals surface area contributed by atoms with Gasteiger partial charge in [0.05, 0.1) is 25.3 Å². The highest BCUT2D eigenvalue weighted by Crippen LogP contribution is 2.36. The topological polar surface area (TPSA) is 65.1 Å². The third-order valence-electron chi connectivity index (χ3n) is 6.18. The Kier molecular flexibility index (Phi) is 9.13. The van der Waals surface area contributed by atoms with Gasteiger partial charge >= 0.3 is 5.97 Å². The number of hydrogen-bond acceptors (Lipinski definition) is 5. The highest BCUT2D eigenvalue weighted by Gasteiger charge is 2.38. The van der Waals surface area contributed by atoms with Crippen molar-refractivity contribution in [3.63, 3.8) is 0 Å². The van der Waals surface area contributed by atoms with Gasteiger partial charge in [0, 0.05) is 35.2 Å². The normalized spacial score (nSPS) is 21.4. The molecule has 7 heteroatoms. The minimum absolute atomic E-state index is 0.0297. The Bertz CT molecular complexity index is 1020. The molecular weight excluding hydrogens is 454 g/mol. The molecule has 1 saturated heterocycles. The zero-order chi connectivity index (χ0) is 24.7. The number of carbonyl (C=O) groups excluding carboxylic acids is 2. The molecule has 0 aromatic heterocycles. The minimum Gasteiger partial charge on any atom is -0.496 e. The zero-order valence-corrected chi connectivity index (χ0v) is 20.8. The number of halogens is 1. The first-order valence-corrected chi connectivity index (χ1v) is 11.8. The maximum absolute atomic E-state index is 13.4. The van der Waals surface area contributed by atoms with Crippen molar-refractivity contribution < 1.29 is 23.8 Å². The quantitative estimate of drug-likeness (QED) is 0.351. The van der Waals surface area contributed by atoms with E-state index in [1.54, 1.807) is 37.2 Å². The van der Waals surface area contributed by atoms with Crippen LogP contribution in [-0.4, -0.2) is 43.1 Å². The van der Waals surface area contributed by atoms with Gasteiger partial charge in [-0.1, -0.05) is 48.5 Å². The number of rotatable bonds is 9. The molecule has 3 rings (SSSR count). The molecule has 0 unspecified atom stereocenters. The average molecular weight is 486 g/mol. The smallest absolute Gasteiger partial charge is 0.336 e. The number of nitrogens with zero attached hydrogens (tertiary/aromatic N) is 1. The molecular formula is C27H32ClNO5. The van der Waals surface area contributed by atoms with Gasteiger partial charge in [0.15, 0.2) is 0 Å². The molecule has 2 aliphatic heterocycles. The van der Waals surface area contributed by atoms with Crippen LogP contribution in [-0.2, 0) is 25.7 Å². The minimum atomic E-state index is -0.504. The number of hydrogen-bond donors (Lipinski definition) is 0. The van der Waals surface area contributed by atoms with E-state index in [2.05, 4.69) is 6.58 Å². The summed E-state index contributed by atoms with van der Waals surface area (Å²) in [7, 11) is 1.57. The van der Waals surface area contributed by atoms with Crippen LogP contribution in [0.3, 0.4) is 0 Å². The van der Waals surface area contributed by atoms with Gasteiger partial charge in [0.25, 0.3) is 0 Å². The van der Waals surface area contributed by atoms with E-state index >= 15 is 0 Å². The number of ether oxygens (including phenoxy) is 3. The second kappa shape index (κ2) is 12.0. The van der Waals surface area contributed by atoms with Crippen molar-refractivity contribution in [3.8, 4) is 5.75 Å². The molecule has 2 atom stereocenters. The van der Waals surface area contributed by atoms with Crippen LogP contribution < -0.4 is 4.74 Å². The second-order valence-corrected chi connectivity index (χ2v) is 8.80. The number of amides is 1. The van der Waals surface area contributed by atoms with E-state index in [0.717, 1.165) is 18.4 Å². The first-order valence-electron chi connectivity index (χ1n) is 11.5. The summed E-state index contributed by atoms with van der Waals surface area (Å²) >= 11 is 6.10. The Balaban J connectivity index is 1.89. The monoisotopic (exact) mass is 485 g/mol. The predicted octanol–water partition coefficient (Wildman–Crippen LogP) is 5.29. The number of para-hydroxylation sites is 1. The van der Waals surface area contributed by atoms with Crippen LogP contribution in [0.4, 0.5) is 0 Å². The molecule has 0 spiro atoms. The fourth-order valence-electron chi connectivity index (χ4n) is 4.25. The van der Waals surface area contributed by atoms with Gasteiger partial charge in [-0.2, -0.15) is 0 Å². The van der Waals surface area contributed by atoms with Crippen molar-refractivity contribution in [1.82, 2.24) is 4.90 Å². The second-order valence-electron chi connectivity index (χ2n) is 8.36. The molecule has 1 aromatic carbocycles. The molecule has 0 bridgehead atoms. The lowest BCUT2D eigenvalue weighted by molar-refractivity contribution is -0.142. The number of allylic oxidation sites excluding steroid dienone is 6. The van der Waals surface area contributed by atoms with Crippen molar-refractivity contribution in [2.45, 2.75) is 45.8 Å². The lowest BCUT2D eigenvalue weighted by atomic mass is 9.83. The van der Waals surface area contributed by atoms with Crippen LogP contribution in [0.1, 0.15) is 38.7 Å². The van der Waals surface area contributed by atoms with E-state index in [0.29, 0.717) is 40.8 Å². The summed E-state index contributed by atoms with van der Waals surface area (Å²) in [5.74, 6) is -0.406. The predicted molar refractivity (Wildman–Crippen MR) is 132 cm³/mol. The molecule has 1 fully saturated rings. The number of esters is 1. The van der Waals surface area contributed by atoms with Gasteiger partial charge in [-0.3, -0.25) is 4.79 Å². The largest absolute Gasteiger partial charge is 0.496 e. The summed E-state index contributed by atoms with van der Waals surface area (Å²) in [4.78, 5) is 28.1. The maximum Gasteiger partial charge on any atom is 0.336 e. The van der Waals surface area contributed by atoms with Crippen LogP contribution in [0.2, 0.25) is 0 Å². The molecule has 0 N–H and O–H groups in total. The van der Waals surface area contributed by atoms with Crippen molar-refractivity contribution in [2.75, 3.05) is 20.3 Å². The van der Waals surface area contributed by atoms with Gasteiger partial charge in [-0.05, 0) is 44.4 Å². The molecule has 0 radical (unpaired) electrons. The van der Waals surface area contributed by atoms with Gasteiger partial charge in [0.1, 0.15) is 12.4 Å².